The van der Waals surface area contributed by atoms with Crippen LogP contribution in [-0.2, 0) is 14.3 Å². The number of ether oxygens (including phenoxy) is 1. The van der Waals surface area contributed by atoms with Gasteiger partial charge in [0, 0.05) is 6.54 Å². The van der Waals surface area contributed by atoms with Crippen LogP contribution in [0.1, 0.15) is 34.6 Å². The van der Waals surface area contributed by atoms with Gasteiger partial charge in [-0.1, -0.05) is 0 Å². The van der Waals surface area contributed by atoms with Crippen molar-refractivity contribution in [3.05, 3.63) is 0 Å². The molecule has 7 heteroatoms. The number of rotatable bonds is 5. The fourth-order valence-electron chi connectivity index (χ4n) is 0.968. The number of nitrogens with zero attached hydrogens (tertiary/aromatic N) is 1. The smallest absolute Gasteiger partial charge is 0.408 e. The first-order chi connectivity index (χ1) is 8.19. The highest BCUT2D eigenvalue weighted by molar-refractivity contribution is 5.85. The maximum atomic E-state index is 11.6. The van der Waals surface area contributed by atoms with Gasteiger partial charge in [0.15, 0.2) is 0 Å². The van der Waals surface area contributed by atoms with Crippen molar-refractivity contribution in [2.75, 3.05) is 6.54 Å². The highest BCUT2D eigenvalue weighted by Crippen LogP contribution is 2.06. The standard InChI is InChI=1S/C11H21N3O4/c1-6-14(7-15)13-9(16)8(2)12-10(17)18-11(3,4)5/h7-8H,6H2,1-5H3,(H,12,17)(H,13,16)/t8-/m0/s1. The highest BCUT2D eigenvalue weighted by Gasteiger charge is 2.21. The Bertz CT molecular complexity index is 312. The highest BCUT2D eigenvalue weighted by atomic mass is 16.6. The number of carbonyl (C=O) groups excluding carboxylic acids is 3. The number of hydrogen-bond acceptors (Lipinski definition) is 4. The third-order valence-corrected chi connectivity index (χ3v) is 1.85. The van der Waals surface area contributed by atoms with Crippen molar-refractivity contribution >= 4 is 18.4 Å². The zero-order chi connectivity index (χ0) is 14.3. The molecular formula is C11H21N3O4. The number of hydrogen-bond donors (Lipinski definition) is 2. The summed E-state index contributed by atoms with van der Waals surface area (Å²) >= 11 is 0. The van der Waals surface area contributed by atoms with E-state index in [0.717, 1.165) is 5.01 Å². The van der Waals surface area contributed by atoms with E-state index in [2.05, 4.69) is 10.7 Å². The molecule has 0 bridgehead atoms. The minimum Gasteiger partial charge on any atom is -0.444 e. The summed E-state index contributed by atoms with van der Waals surface area (Å²) in [6, 6.07) is -0.797. The van der Waals surface area contributed by atoms with E-state index in [4.69, 9.17) is 4.74 Å². The Labute approximate surface area is 107 Å². The van der Waals surface area contributed by atoms with Crippen molar-refractivity contribution in [1.29, 1.82) is 0 Å². The average molecular weight is 259 g/mol. The summed E-state index contributed by atoms with van der Waals surface area (Å²) in [4.78, 5) is 33.5. The van der Waals surface area contributed by atoms with E-state index >= 15 is 0 Å². The van der Waals surface area contributed by atoms with Gasteiger partial charge in [-0.3, -0.25) is 20.0 Å². The normalized spacial score (nSPS) is 12.3. The van der Waals surface area contributed by atoms with Crippen molar-refractivity contribution in [3.63, 3.8) is 0 Å². The predicted octanol–water partition coefficient (Wildman–Crippen LogP) is 0.409. The monoisotopic (exact) mass is 259 g/mol. The lowest BCUT2D eigenvalue weighted by atomic mass is 10.2. The molecule has 0 saturated heterocycles. The minimum absolute atomic E-state index is 0.342. The first-order valence-electron chi connectivity index (χ1n) is 5.71. The third kappa shape index (κ3) is 6.72. The Morgan fingerprint density at radius 3 is 2.33 bits per heavy atom. The van der Waals surface area contributed by atoms with E-state index in [9.17, 15) is 14.4 Å². The molecule has 0 saturated carbocycles. The SMILES string of the molecule is CCN(C=O)NC(=O)[C@H](C)NC(=O)OC(C)(C)C. The Morgan fingerprint density at radius 1 is 1.39 bits per heavy atom. The van der Waals surface area contributed by atoms with E-state index in [0.29, 0.717) is 13.0 Å². The Kier molecular flexibility index (Phi) is 6.15. The third-order valence-electron chi connectivity index (χ3n) is 1.85. The topological polar surface area (TPSA) is 87.7 Å². The van der Waals surface area contributed by atoms with Gasteiger partial charge in [0.2, 0.25) is 6.41 Å². The van der Waals surface area contributed by atoms with Crippen molar-refractivity contribution in [2.24, 2.45) is 0 Å². The van der Waals surface area contributed by atoms with Gasteiger partial charge in [-0.25, -0.2) is 4.79 Å². The molecule has 0 fully saturated rings. The average Bonchev–Trinajstić information content (AvgIpc) is 2.22. The maximum Gasteiger partial charge on any atom is 0.408 e. The van der Waals surface area contributed by atoms with Crippen molar-refractivity contribution in [1.82, 2.24) is 15.8 Å². The molecule has 0 aromatic rings. The van der Waals surface area contributed by atoms with Crippen molar-refractivity contribution in [2.45, 2.75) is 46.3 Å². The van der Waals surface area contributed by atoms with Crippen LogP contribution in [0.2, 0.25) is 0 Å². The molecule has 0 aromatic carbocycles. The second-order valence-corrected chi connectivity index (χ2v) is 4.74. The van der Waals surface area contributed by atoms with Gasteiger partial charge in [-0.05, 0) is 34.6 Å². The lowest BCUT2D eigenvalue weighted by molar-refractivity contribution is -0.134. The zero-order valence-electron chi connectivity index (χ0n) is 11.4. The summed E-state index contributed by atoms with van der Waals surface area (Å²) in [5, 5.41) is 3.45. The van der Waals surface area contributed by atoms with E-state index < -0.39 is 23.6 Å². The van der Waals surface area contributed by atoms with Crippen molar-refractivity contribution < 1.29 is 19.1 Å². The van der Waals surface area contributed by atoms with Crippen LogP contribution < -0.4 is 10.7 Å². The Hall–Kier alpha value is -1.79. The molecule has 0 aliphatic rings. The van der Waals surface area contributed by atoms with Gasteiger partial charge >= 0.3 is 6.09 Å². The lowest BCUT2D eigenvalue weighted by Crippen LogP contribution is -2.51. The molecule has 0 rings (SSSR count). The molecule has 2 N–H and O–H groups in total. The second-order valence-electron chi connectivity index (χ2n) is 4.74. The molecule has 0 aliphatic carbocycles. The van der Waals surface area contributed by atoms with Crippen LogP contribution in [-0.4, -0.2) is 41.6 Å². The first kappa shape index (κ1) is 16.2. The predicted molar refractivity (Wildman–Crippen MR) is 65.4 cm³/mol. The largest absolute Gasteiger partial charge is 0.444 e. The minimum atomic E-state index is -0.797. The van der Waals surface area contributed by atoms with Gasteiger partial charge in [0.05, 0.1) is 0 Å². The van der Waals surface area contributed by atoms with Gasteiger partial charge in [-0.2, -0.15) is 0 Å². The summed E-state index contributed by atoms with van der Waals surface area (Å²) in [5.41, 5.74) is 1.71. The van der Waals surface area contributed by atoms with Crippen LogP contribution in [0.15, 0.2) is 0 Å². The number of carbonyl (C=O) groups is 3. The zero-order valence-corrected chi connectivity index (χ0v) is 11.4. The first-order valence-corrected chi connectivity index (χ1v) is 5.71. The molecule has 3 amide bonds. The van der Waals surface area contributed by atoms with Crippen LogP contribution in [0.25, 0.3) is 0 Å². The number of hydrazine groups is 1. The number of amides is 3. The Balaban J connectivity index is 4.23. The number of nitrogens with one attached hydrogen (secondary N) is 2. The van der Waals surface area contributed by atoms with Gasteiger partial charge in [-0.15, -0.1) is 0 Å². The molecule has 0 unspecified atom stereocenters. The lowest BCUT2D eigenvalue weighted by Gasteiger charge is -2.23. The van der Waals surface area contributed by atoms with E-state index in [-0.39, 0.29) is 0 Å². The molecular weight excluding hydrogens is 238 g/mol. The van der Waals surface area contributed by atoms with E-state index in [1.807, 2.05) is 0 Å². The molecule has 104 valence electrons. The van der Waals surface area contributed by atoms with Gasteiger partial charge in [0.25, 0.3) is 5.91 Å². The van der Waals surface area contributed by atoms with E-state index in [1.165, 1.54) is 6.92 Å². The fourth-order valence-corrected chi connectivity index (χ4v) is 0.968. The van der Waals surface area contributed by atoms with Crippen LogP contribution in [0.3, 0.4) is 0 Å². The summed E-state index contributed by atoms with van der Waals surface area (Å²) in [6.45, 7) is 8.72. The molecule has 0 aromatic heterocycles. The fraction of sp³-hybridized carbons (Fsp3) is 0.727. The van der Waals surface area contributed by atoms with Crippen LogP contribution in [0.4, 0.5) is 4.79 Å². The summed E-state index contributed by atoms with van der Waals surface area (Å²) in [5.74, 6) is -0.491. The van der Waals surface area contributed by atoms with E-state index in [1.54, 1.807) is 27.7 Å². The molecule has 0 spiro atoms. The summed E-state index contributed by atoms with van der Waals surface area (Å²) in [7, 11) is 0. The van der Waals surface area contributed by atoms with Crippen molar-refractivity contribution in [3.8, 4) is 0 Å². The molecule has 0 heterocycles. The van der Waals surface area contributed by atoms with Crippen LogP contribution in [0, 0.1) is 0 Å². The van der Waals surface area contributed by atoms with Gasteiger partial charge in [0.1, 0.15) is 11.6 Å². The van der Waals surface area contributed by atoms with Gasteiger partial charge < -0.3 is 10.1 Å². The number of alkyl carbamates (subject to hydrolysis) is 1. The molecule has 18 heavy (non-hydrogen) atoms. The molecule has 1 atom stereocenters. The Morgan fingerprint density at radius 2 is 1.94 bits per heavy atom. The summed E-state index contributed by atoms with van der Waals surface area (Å²) < 4.78 is 5.00. The summed E-state index contributed by atoms with van der Waals surface area (Å²) in [6.07, 6.45) is -0.183. The van der Waals surface area contributed by atoms with Crippen LogP contribution in [0.5, 0.6) is 0 Å². The second kappa shape index (κ2) is 6.83. The molecule has 0 radical (unpaired) electrons. The van der Waals surface area contributed by atoms with Crippen LogP contribution >= 0.6 is 0 Å². The maximum absolute atomic E-state index is 11.6. The molecule has 7 nitrogen and oxygen atoms in total. The molecule has 0 aliphatic heterocycles. The quantitative estimate of drug-likeness (QED) is 0.553.